The van der Waals surface area contributed by atoms with Crippen LogP contribution in [0.3, 0.4) is 0 Å². The highest BCUT2D eigenvalue weighted by atomic mass is 19.3. The Bertz CT molecular complexity index is 720. The highest BCUT2D eigenvalue weighted by Gasteiger charge is 2.20. The molecule has 2 aromatic rings. The molecule has 23 heavy (non-hydrogen) atoms. The first kappa shape index (κ1) is 16.3. The third kappa shape index (κ3) is 3.99. The van der Waals surface area contributed by atoms with Gasteiger partial charge in [-0.05, 0) is 19.1 Å². The minimum Gasteiger partial charge on any atom is -0.433 e. The zero-order chi connectivity index (χ0) is 17.0. The lowest BCUT2D eigenvalue weighted by atomic mass is 10.2. The van der Waals surface area contributed by atoms with Gasteiger partial charge in [0, 0.05) is 0 Å². The van der Waals surface area contributed by atoms with E-state index < -0.39 is 23.5 Å². The van der Waals surface area contributed by atoms with Gasteiger partial charge in [0.25, 0.3) is 0 Å². The lowest BCUT2D eigenvalue weighted by molar-refractivity contribution is -0.385. The van der Waals surface area contributed by atoms with E-state index in [1.807, 2.05) is 0 Å². The number of halogens is 2. The highest BCUT2D eigenvalue weighted by Crippen LogP contribution is 2.26. The van der Waals surface area contributed by atoms with Crippen LogP contribution in [-0.4, -0.2) is 27.2 Å². The first-order valence-electron chi connectivity index (χ1n) is 6.41. The number of benzene rings is 1. The van der Waals surface area contributed by atoms with Crippen LogP contribution in [-0.2, 0) is 4.79 Å². The Balaban J connectivity index is 2.13. The zero-order valence-corrected chi connectivity index (χ0v) is 11.8. The molecule has 1 aromatic heterocycles. The van der Waals surface area contributed by atoms with E-state index in [9.17, 15) is 23.7 Å². The number of amides is 1. The molecule has 0 bridgehead atoms. The molecule has 1 heterocycles. The second kappa shape index (κ2) is 6.81. The number of nitro groups is 1. The van der Waals surface area contributed by atoms with Gasteiger partial charge >= 0.3 is 12.3 Å². The van der Waals surface area contributed by atoms with Crippen molar-refractivity contribution >= 4 is 17.3 Å². The molecule has 0 saturated heterocycles. The Morgan fingerprint density at radius 2 is 2.13 bits per heavy atom. The van der Waals surface area contributed by atoms with Crippen molar-refractivity contribution in [3.8, 4) is 5.75 Å². The first-order chi connectivity index (χ1) is 10.9. The number of hydrogen-bond donors (Lipinski definition) is 1. The molecule has 10 heteroatoms. The molecule has 0 spiro atoms. The van der Waals surface area contributed by atoms with E-state index in [4.69, 9.17) is 0 Å². The summed E-state index contributed by atoms with van der Waals surface area (Å²) in [7, 11) is 0. The van der Waals surface area contributed by atoms with Crippen molar-refractivity contribution in [2.24, 2.45) is 0 Å². The van der Waals surface area contributed by atoms with Crippen LogP contribution in [0.5, 0.6) is 5.75 Å². The summed E-state index contributed by atoms with van der Waals surface area (Å²) in [5.74, 6) is -0.775. The molecule has 1 aromatic carbocycles. The molecule has 122 valence electrons. The van der Waals surface area contributed by atoms with Gasteiger partial charge in [0.1, 0.15) is 24.2 Å². The van der Waals surface area contributed by atoms with Crippen LogP contribution in [0.25, 0.3) is 0 Å². The molecular weight excluding hydrogens is 314 g/mol. The smallest absolute Gasteiger partial charge is 0.387 e. The average molecular weight is 326 g/mol. The molecule has 1 amide bonds. The van der Waals surface area contributed by atoms with Crippen LogP contribution < -0.4 is 10.1 Å². The number of para-hydroxylation sites is 2. The van der Waals surface area contributed by atoms with E-state index in [0.29, 0.717) is 0 Å². The molecule has 1 unspecified atom stereocenters. The number of rotatable bonds is 6. The molecule has 0 saturated carbocycles. The third-order valence-corrected chi connectivity index (χ3v) is 2.94. The van der Waals surface area contributed by atoms with E-state index in [0.717, 1.165) is 17.1 Å². The molecular formula is C13H12F2N4O4. The predicted octanol–water partition coefficient (Wildman–Crippen LogP) is 2.59. The molecule has 0 radical (unpaired) electrons. The second-order valence-corrected chi connectivity index (χ2v) is 4.48. The summed E-state index contributed by atoms with van der Waals surface area (Å²) in [4.78, 5) is 22.1. The summed E-state index contributed by atoms with van der Waals surface area (Å²) in [6, 6.07) is 4.81. The molecule has 0 fully saturated rings. The molecule has 8 nitrogen and oxygen atoms in total. The average Bonchev–Trinajstić information content (AvgIpc) is 2.98. The van der Waals surface area contributed by atoms with E-state index in [1.165, 1.54) is 31.2 Å². The topological polar surface area (TPSA) is 99.3 Å². The fourth-order valence-corrected chi connectivity index (χ4v) is 1.76. The number of aromatic nitrogens is 2. The minimum absolute atomic E-state index is 0.0614. The molecule has 1 atom stereocenters. The Labute approximate surface area is 128 Å². The SMILES string of the molecule is CC(C(=O)Nc1ccccc1OC(F)F)n1cc([N+](=O)[O-])cn1. The molecule has 1 N–H and O–H groups in total. The number of nitrogens with zero attached hydrogens (tertiary/aromatic N) is 3. The van der Waals surface area contributed by atoms with E-state index >= 15 is 0 Å². The summed E-state index contributed by atoms with van der Waals surface area (Å²) < 4.78 is 30.1. The number of ether oxygens (including phenoxy) is 1. The van der Waals surface area contributed by atoms with Crippen molar-refractivity contribution in [2.45, 2.75) is 19.6 Å². The van der Waals surface area contributed by atoms with Crippen molar-refractivity contribution < 1.29 is 23.2 Å². The van der Waals surface area contributed by atoms with Crippen LogP contribution in [0.4, 0.5) is 20.2 Å². The van der Waals surface area contributed by atoms with E-state index in [2.05, 4.69) is 15.2 Å². The summed E-state index contributed by atoms with van der Waals surface area (Å²) >= 11 is 0. The third-order valence-electron chi connectivity index (χ3n) is 2.94. The summed E-state index contributed by atoms with van der Waals surface area (Å²) in [6.07, 6.45) is 2.11. The van der Waals surface area contributed by atoms with Crippen LogP contribution >= 0.6 is 0 Å². The highest BCUT2D eigenvalue weighted by molar-refractivity contribution is 5.94. The van der Waals surface area contributed by atoms with Crippen molar-refractivity contribution in [1.82, 2.24) is 9.78 Å². The fourth-order valence-electron chi connectivity index (χ4n) is 1.76. The van der Waals surface area contributed by atoms with Crippen molar-refractivity contribution in [3.05, 3.63) is 46.8 Å². The van der Waals surface area contributed by atoms with Gasteiger partial charge < -0.3 is 10.1 Å². The van der Waals surface area contributed by atoms with Crippen molar-refractivity contribution in [2.75, 3.05) is 5.32 Å². The maximum Gasteiger partial charge on any atom is 0.387 e. The summed E-state index contributed by atoms with van der Waals surface area (Å²) in [5.41, 5.74) is -0.197. The number of hydrogen-bond acceptors (Lipinski definition) is 5. The van der Waals surface area contributed by atoms with Gasteiger partial charge in [0.15, 0.2) is 0 Å². The van der Waals surface area contributed by atoms with Gasteiger partial charge in [-0.1, -0.05) is 12.1 Å². The number of alkyl halides is 2. The maximum atomic E-state index is 12.3. The van der Waals surface area contributed by atoms with Gasteiger partial charge in [-0.3, -0.25) is 19.6 Å². The van der Waals surface area contributed by atoms with Gasteiger partial charge in [-0.2, -0.15) is 13.9 Å². The molecule has 0 aliphatic rings. The zero-order valence-electron chi connectivity index (χ0n) is 11.8. The lowest BCUT2D eigenvalue weighted by Crippen LogP contribution is -2.24. The monoisotopic (exact) mass is 326 g/mol. The Morgan fingerprint density at radius 1 is 1.43 bits per heavy atom. The Hall–Kier alpha value is -3.04. The number of carbonyl (C=O) groups excluding carboxylic acids is 1. The summed E-state index contributed by atoms with van der Waals surface area (Å²) in [5, 5.41) is 16.8. The van der Waals surface area contributed by atoms with Crippen molar-refractivity contribution in [1.29, 1.82) is 0 Å². The Morgan fingerprint density at radius 3 is 2.74 bits per heavy atom. The largest absolute Gasteiger partial charge is 0.433 e. The van der Waals surface area contributed by atoms with Gasteiger partial charge in [0.2, 0.25) is 5.91 Å². The van der Waals surface area contributed by atoms with E-state index in [-0.39, 0.29) is 17.1 Å². The van der Waals surface area contributed by atoms with Gasteiger partial charge in [-0.15, -0.1) is 0 Å². The molecule has 0 aliphatic carbocycles. The maximum absolute atomic E-state index is 12.3. The fraction of sp³-hybridized carbons (Fsp3) is 0.231. The Kier molecular flexibility index (Phi) is 4.84. The summed E-state index contributed by atoms with van der Waals surface area (Å²) in [6.45, 7) is -1.57. The molecule has 0 aliphatic heterocycles. The lowest BCUT2D eigenvalue weighted by Gasteiger charge is -2.15. The van der Waals surface area contributed by atoms with Crippen molar-refractivity contribution in [3.63, 3.8) is 0 Å². The standard InChI is InChI=1S/C13H12F2N4O4/c1-8(18-7-9(6-16-18)19(21)22)12(20)17-10-4-2-3-5-11(10)23-13(14)15/h2-8,13H,1H3,(H,17,20). The van der Waals surface area contributed by atoms with Crippen LogP contribution in [0, 0.1) is 10.1 Å². The minimum atomic E-state index is -3.03. The number of carbonyl (C=O) groups is 1. The van der Waals surface area contributed by atoms with Gasteiger partial charge in [-0.25, -0.2) is 0 Å². The first-order valence-corrected chi connectivity index (χ1v) is 6.41. The number of nitrogens with one attached hydrogen (secondary N) is 1. The number of anilines is 1. The van der Waals surface area contributed by atoms with Gasteiger partial charge in [0.05, 0.1) is 10.6 Å². The van der Waals surface area contributed by atoms with Crippen LogP contribution in [0.2, 0.25) is 0 Å². The quantitative estimate of drug-likeness (QED) is 0.650. The second-order valence-electron chi connectivity index (χ2n) is 4.48. The van der Waals surface area contributed by atoms with Crippen LogP contribution in [0.15, 0.2) is 36.7 Å². The molecule has 2 rings (SSSR count). The normalized spacial score (nSPS) is 12.0. The van der Waals surface area contributed by atoms with Crippen LogP contribution in [0.1, 0.15) is 13.0 Å². The predicted molar refractivity (Wildman–Crippen MR) is 75.3 cm³/mol. The van der Waals surface area contributed by atoms with E-state index in [1.54, 1.807) is 0 Å².